The number of rotatable bonds is 19. The summed E-state index contributed by atoms with van der Waals surface area (Å²) in [6.45, 7) is 4.99. The fourth-order valence-electron chi connectivity index (χ4n) is 2.72. The fraction of sp³-hybridized carbons (Fsp3) is 0.950. The second-order valence-corrected chi connectivity index (χ2v) is 7.09. The topological polar surface area (TPSA) is 78.8 Å². The van der Waals surface area contributed by atoms with Gasteiger partial charge in [0.05, 0.1) is 12.7 Å². The van der Waals surface area contributed by atoms with Crippen LogP contribution < -0.4 is 5.32 Å². The highest BCUT2D eigenvalue weighted by atomic mass is 16.5. The molecule has 0 aromatic rings. The second kappa shape index (κ2) is 18.2. The first-order valence-electron chi connectivity index (χ1n) is 10.3. The normalized spacial score (nSPS) is 13.7. The first-order chi connectivity index (χ1) is 12.1. The second-order valence-electron chi connectivity index (χ2n) is 7.09. The van der Waals surface area contributed by atoms with Crippen molar-refractivity contribution in [3.8, 4) is 0 Å². The molecule has 150 valence electrons. The van der Waals surface area contributed by atoms with Crippen LogP contribution in [0.4, 0.5) is 0 Å². The van der Waals surface area contributed by atoms with Crippen molar-refractivity contribution >= 4 is 5.97 Å². The minimum atomic E-state index is -0.912. The number of nitrogens with one attached hydrogen (secondary N) is 1. The van der Waals surface area contributed by atoms with Gasteiger partial charge in [0.1, 0.15) is 6.04 Å². The summed E-state index contributed by atoms with van der Waals surface area (Å²) in [6.07, 6.45) is 15.2. The predicted octanol–water partition coefficient (Wildman–Crippen LogP) is 4.13. The van der Waals surface area contributed by atoms with Crippen molar-refractivity contribution in [3.05, 3.63) is 0 Å². The van der Waals surface area contributed by atoms with Gasteiger partial charge in [-0.1, -0.05) is 77.6 Å². The van der Waals surface area contributed by atoms with E-state index in [0.717, 1.165) is 6.42 Å². The van der Waals surface area contributed by atoms with Gasteiger partial charge in [-0.15, -0.1) is 0 Å². The van der Waals surface area contributed by atoms with Crippen molar-refractivity contribution < 1.29 is 19.7 Å². The van der Waals surface area contributed by atoms with Crippen molar-refractivity contribution in [2.75, 3.05) is 19.8 Å². The van der Waals surface area contributed by atoms with Gasteiger partial charge in [-0.2, -0.15) is 0 Å². The summed E-state index contributed by atoms with van der Waals surface area (Å²) < 4.78 is 5.44. The molecule has 0 aromatic heterocycles. The lowest BCUT2D eigenvalue weighted by atomic mass is 10.1. The quantitative estimate of drug-likeness (QED) is 0.302. The Bertz CT molecular complexity index is 299. The summed E-state index contributed by atoms with van der Waals surface area (Å²) in [5, 5.41) is 21.2. The summed E-state index contributed by atoms with van der Waals surface area (Å²) in [5.74, 6) is -0.912. The number of carboxylic acids is 1. The number of carbonyl (C=O) groups is 1. The number of hydrogen-bond acceptors (Lipinski definition) is 4. The highest BCUT2D eigenvalue weighted by Crippen LogP contribution is 2.11. The SMILES string of the molecule is CCCCCCCCCCCCCCOCC(O)CN[C@H](C)C(=O)O. The standard InChI is InChI=1S/C20H41NO4/c1-3-4-5-6-7-8-9-10-11-12-13-14-15-25-17-19(22)16-21-18(2)20(23)24/h18-19,21-22H,3-17H2,1-2H3,(H,23,24)/t18-,19?/m1/s1. The lowest BCUT2D eigenvalue weighted by Crippen LogP contribution is -2.40. The smallest absolute Gasteiger partial charge is 0.320 e. The molecule has 3 N–H and O–H groups in total. The van der Waals surface area contributed by atoms with Gasteiger partial charge in [0.15, 0.2) is 0 Å². The maximum atomic E-state index is 10.6. The van der Waals surface area contributed by atoms with E-state index in [2.05, 4.69) is 12.2 Å². The fourth-order valence-corrected chi connectivity index (χ4v) is 2.72. The molecule has 0 radical (unpaired) electrons. The molecule has 2 atom stereocenters. The molecular formula is C20H41NO4. The zero-order valence-corrected chi connectivity index (χ0v) is 16.5. The molecule has 0 heterocycles. The average molecular weight is 360 g/mol. The Morgan fingerprint density at radius 2 is 1.40 bits per heavy atom. The Kier molecular flexibility index (Phi) is 17.7. The molecule has 0 aliphatic heterocycles. The van der Waals surface area contributed by atoms with Crippen LogP contribution in [-0.2, 0) is 9.53 Å². The maximum absolute atomic E-state index is 10.6. The molecule has 0 spiro atoms. The Morgan fingerprint density at radius 1 is 0.920 bits per heavy atom. The van der Waals surface area contributed by atoms with Crippen molar-refractivity contribution in [1.29, 1.82) is 0 Å². The highest BCUT2D eigenvalue weighted by Gasteiger charge is 2.12. The van der Waals surface area contributed by atoms with Crippen LogP contribution in [0.5, 0.6) is 0 Å². The molecule has 0 amide bonds. The molecule has 0 aromatic carbocycles. The molecule has 0 saturated carbocycles. The van der Waals surface area contributed by atoms with E-state index in [4.69, 9.17) is 9.84 Å². The van der Waals surface area contributed by atoms with Gasteiger partial charge in [-0.3, -0.25) is 4.79 Å². The average Bonchev–Trinajstić information content (AvgIpc) is 2.59. The van der Waals surface area contributed by atoms with E-state index in [-0.39, 0.29) is 13.2 Å². The molecule has 25 heavy (non-hydrogen) atoms. The van der Waals surface area contributed by atoms with Gasteiger partial charge in [0, 0.05) is 13.2 Å². The van der Waals surface area contributed by atoms with Gasteiger partial charge < -0.3 is 20.3 Å². The lowest BCUT2D eigenvalue weighted by Gasteiger charge is -2.14. The number of unbranched alkanes of at least 4 members (excludes halogenated alkanes) is 11. The molecule has 1 unspecified atom stereocenters. The first-order valence-corrected chi connectivity index (χ1v) is 10.3. The van der Waals surface area contributed by atoms with Crippen LogP contribution in [0.1, 0.15) is 90.9 Å². The molecule has 0 bridgehead atoms. The summed E-state index contributed by atoms with van der Waals surface area (Å²) >= 11 is 0. The van der Waals surface area contributed by atoms with Gasteiger partial charge >= 0.3 is 5.97 Å². The molecule has 0 fully saturated rings. The molecule has 0 aliphatic carbocycles. The third-order valence-corrected chi connectivity index (χ3v) is 4.48. The molecular weight excluding hydrogens is 318 g/mol. The van der Waals surface area contributed by atoms with Crippen LogP contribution in [0.2, 0.25) is 0 Å². The number of aliphatic carboxylic acids is 1. The van der Waals surface area contributed by atoms with Gasteiger partial charge in [-0.25, -0.2) is 0 Å². The summed E-state index contributed by atoms with van der Waals surface area (Å²) in [6, 6.07) is -0.647. The van der Waals surface area contributed by atoms with Gasteiger partial charge in [-0.05, 0) is 13.3 Å². The van der Waals surface area contributed by atoms with E-state index in [1.54, 1.807) is 6.92 Å². The van der Waals surface area contributed by atoms with Crippen LogP contribution in [0.3, 0.4) is 0 Å². The van der Waals surface area contributed by atoms with Crippen molar-refractivity contribution in [3.63, 3.8) is 0 Å². The van der Waals surface area contributed by atoms with E-state index >= 15 is 0 Å². The Morgan fingerprint density at radius 3 is 1.88 bits per heavy atom. The zero-order valence-electron chi connectivity index (χ0n) is 16.5. The lowest BCUT2D eigenvalue weighted by molar-refractivity contribution is -0.139. The summed E-state index contributed by atoms with van der Waals surface area (Å²) in [4.78, 5) is 10.6. The number of carboxylic acid groups (broad SMARTS) is 1. The van der Waals surface area contributed by atoms with E-state index in [9.17, 15) is 9.90 Å². The molecule has 0 rings (SSSR count). The van der Waals surface area contributed by atoms with Gasteiger partial charge in [0.25, 0.3) is 0 Å². The number of hydrogen-bond donors (Lipinski definition) is 3. The van der Waals surface area contributed by atoms with E-state index in [1.807, 2.05) is 0 Å². The third kappa shape index (κ3) is 18.0. The Labute approximate surface area is 154 Å². The predicted molar refractivity (Wildman–Crippen MR) is 103 cm³/mol. The Balaban J connectivity index is 3.19. The van der Waals surface area contributed by atoms with Crippen LogP contribution in [0.15, 0.2) is 0 Å². The first kappa shape index (κ1) is 24.4. The number of aliphatic hydroxyl groups is 1. The zero-order chi connectivity index (χ0) is 18.8. The summed E-state index contributed by atoms with van der Waals surface area (Å²) in [7, 11) is 0. The van der Waals surface area contributed by atoms with Crippen molar-refractivity contribution in [2.45, 2.75) is 103 Å². The van der Waals surface area contributed by atoms with E-state index < -0.39 is 18.1 Å². The van der Waals surface area contributed by atoms with Crippen molar-refractivity contribution in [2.24, 2.45) is 0 Å². The monoisotopic (exact) mass is 359 g/mol. The van der Waals surface area contributed by atoms with E-state index in [1.165, 1.54) is 70.6 Å². The minimum Gasteiger partial charge on any atom is -0.480 e. The summed E-state index contributed by atoms with van der Waals surface area (Å²) in [5.41, 5.74) is 0. The molecule has 0 saturated heterocycles. The minimum absolute atomic E-state index is 0.242. The molecule has 5 heteroatoms. The molecule has 5 nitrogen and oxygen atoms in total. The van der Waals surface area contributed by atoms with Crippen LogP contribution >= 0.6 is 0 Å². The van der Waals surface area contributed by atoms with Crippen LogP contribution in [0.25, 0.3) is 0 Å². The number of aliphatic hydroxyl groups excluding tert-OH is 1. The largest absolute Gasteiger partial charge is 0.480 e. The third-order valence-electron chi connectivity index (χ3n) is 4.48. The van der Waals surface area contributed by atoms with Crippen LogP contribution in [0, 0.1) is 0 Å². The van der Waals surface area contributed by atoms with E-state index in [0.29, 0.717) is 6.61 Å². The Hall–Kier alpha value is -0.650. The maximum Gasteiger partial charge on any atom is 0.320 e. The van der Waals surface area contributed by atoms with Gasteiger partial charge in [0.2, 0.25) is 0 Å². The molecule has 0 aliphatic rings. The van der Waals surface area contributed by atoms with Crippen molar-refractivity contribution in [1.82, 2.24) is 5.32 Å². The number of ether oxygens (including phenoxy) is 1. The van der Waals surface area contributed by atoms with Crippen LogP contribution in [-0.4, -0.2) is 48.1 Å². The highest BCUT2D eigenvalue weighted by molar-refractivity contribution is 5.72.